The summed E-state index contributed by atoms with van der Waals surface area (Å²) < 4.78 is 5.33. The van der Waals surface area contributed by atoms with Crippen LogP contribution in [0.4, 0.5) is 11.4 Å². The first kappa shape index (κ1) is 17.6. The SMILES string of the molecule is O=C(Nc1ccccc1C(=O)O)c1cccc(NC(=O)[C@H]2CCCO2)c1. The highest BCUT2D eigenvalue weighted by Gasteiger charge is 2.23. The number of hydrogen-bond donors (Lipinski definition) is 3. The summed E-state index contributed by atoms with van der Waals surface area (Å²) >= 11 is 0. The van der Waals surface area contributed by atoms with E-state index in [9.17, 15) is 19.5 Å². The highest BCUT2D eigenvalue weighted by Crippen LogP contribution is 2.19. The van der Waals surface area contributed by atoms with Crippen molar-refractivity contribution in [1.29, 1.82) is 0 Å². The summed E-state index contributed by atoms with van der Waals surface area (Å²) in [6, 6.07) is 12.6. The van der Waals surface area contributed by atoms with Crippen LogP contribution in [0.5, 0.6) is 0 Å². The predicted octanol–water partition coefficient (Wildman–Crippen LogP) is 2.75. The van der Waals surface area contributed by atoms with Crippen molar-refractivity contribution in [3.05, 3.63) is 59.7 Å². The van der Waals surface area contributed by atoms with Gasteiger partial charge in [0.25, 0.3) is 11.8 Å². The third-order valence-corrected chi connectivity index (χ3v) is 4.02. The van der Waals surface area contributed by atoms with E-state index in [-0.39, 0.29) is 17.2 Å². The number of nitrogens with one attached hydrogen (secondary N) is 2. The number of aromatic carboxylic acids is 1. The number of para-hydroxylation sites is 1. The molecule has 0 bridgehead atoms. The van der Waals surface area contributed by atoms with Gasteiger partial charge < -0.3 is 20.5 Å². The first-order valence-corrected chi connectivity index (χ1v) is 8.21. The molecule has 2 aromatic carbocycles. The third kappa shape index (κ3) is 4.07. The second-order valence-corrected chi connectivity index (χ2v) is 5.88. The van der Waals surface area contributed by atoms with E-state index in [2.05, 4.69) is 10.6 Å². The zero-order valence-electron chi connectivity index (χ0n) is 13.9. The zero-order valence-corrected chi connectivity index (χ0v) is 13.9. The Kier molecular flexibility index (Phi) is 5.28. The quantitative estimate of drug-likeness (QED) is 0.766. The smallest absolute Gasteiger partial charge is 0.337 e. The van der Waals surface area contributed by atoms with Gasteiger partial charge >= 0.3 is 5.97 Å². The molecule has 1 aliphatic rings. The summed E-state index contributed by atoms with van der Waals surface area (Å²) in [6.45, 7) is 0.573. The third-order valence-electron chi connectivity index (χ3n) is 4.02. The van der Waals surface area contributed by atoms with Gasteiger partial charge in [-0.1, -0.05) is 18.2 Å². The lowest BCUT2D eigenvalue weighted by Gasteiger charge is -2.12. The molecule has 3 N–H and O–H groups in total. The van der Waals surface area contributed by atoms with Crippen LogP contribution in [-0.4, -0.2) is 35.6 Å². The van der Waals surface area contributed by atoms with Crippen molar-refractivity contribution >= 4 is 29.2 Å². The van der Waals surface area contributed by atoms with E-state index in [0.29, 0.717) is 24.3 Å². The molecule has 0 radical (unpaired) electrons. The first-order chi connectivity index (χ1) is 12.5. The Morgan fingerprint density at radius 2 is 1.85 bits per heavy atom. The summed E-state index contributed by atoms with van der Waals surface area (Å²) in [7, 11) is 0. The monoisotopic (exact) mass is 354 g/mol. The molecule has 0 aliphatic carbocycles. The predicted molar refractivity (Wildman–Crippen MR) is 95.4 cm³/mol. The minimum Gasteiger partial charge on any atom is -0.478 e. The van der Waals surface area contributed by atoms with E-state index in [1.807, 2.05) is 0 Å². The highest BCUT2D eigenvalue weighted by molar-refractivity contribution is 6.08. The minimum atomic E-state index is -1.13. The van der Waals surface area contributed by atoms with E-state index in [1.165, 1.54) is 18.2 Å². The van der Waals surface area contributed by atoms with Crippen LogP contribution >= 0.6 is 0 Å². The second kappa shape index (κ2) is 7.79. The molecular formula is C19H18N2O5. The van der Waals surface area contributed by atoms with Gasteiger partial charge in [-0.3, -0.25) is 9.59 Å². The van der Waals surface area contributed by atoms with Gasteiger partial charge in [0.1, 0.15) is 6.10 Å². The van der Waals surface area contributed by atoms with Gasteiger partial charge in [-0.15, -0.1) is 0 Å². The molecule has 3 rings (SSSR count). The normalized spacial score (nSPS) is 16.1. The second-order valence-electron chi connectivity index (χ2n) is 5.88. The number of hydrogen-bond acceptors (Lipinski definition) is 4. The largest absolute Gasteiger partial charge is 0.478 e. The molecule has 1 heterocycles. The molecule has 1 atom stereocenters. The molecular weight excluding hydrogens is 336 g/mol. The molecule has 26 heavy (non-hydrogen) atoms. The summed E-state index contributed by atoms with van der Waals surface area (Å²) in [5.41, 5.74) is 0.988. The fourth-order valence-corrected chi connectivity index (χ4v) is 2.72. The number of benzene rings is 2. The minimum absolute atomic E-state index is 0.00342. The molecule has 2 amide bonds. The van der Waals surface area contributed by atoms with Gasteiger partial charge in [0.05, 0.1) is 11.3 Å². The van der Waals surface area contributed by atoms with E-state index in [1.54, 1.807) is 30.3 Å². The lowest BCUT2D eigenvalue weighted by atomic mass is 10.1. The average molecular weight is 354 g/mol. The summed E-state index contributed by atoms with van der Waals surface area (Å²) in [6.07, 6.45) is 1.07. The van der Waals surface area contributed by atoms with Crippen molar-refractivity contribution in [1.82, 2.24) is 0 Å². The number of carboxylic acids is 1. The van der Waals surface area contributed by atoms with Gasteiger partial charge in [-0.2, -0.15) is 0 Å². The Balaban J connectivity index is 1.72. The first-order valence-electron chi connectivity index (χ1n) is 8.21. The van der Waals surface area contributed by atoms with Gasteiger partial charge in [-0.05, 0) is 43.2 Å². The highest BCUT2D eigenvalue weighted by atomic mass is 16.5. The number of carboxylic acid groups (broad SMARTS) is 1. The average Bonchev–Trinajstić information content (AvgIpc) is 3.17. The van der Waals surface area contributed by atoms with Crippen molar-refractivity contribution in [3.63, 3.8) is 0 Å². The molecule has 0 saturated carbocycles. The number of ether oxygens (including phenoxy) is 1. The van der Waals surface area contributed by atoms with Crippen LogP contribution in [0, 0.1) is 0 Å². The molecule has 0 aromatic heterocycles. The van der Waals surface area contributed by atoms with Crippen LogP contribution in [-0.2, 0) is 9.53 Å². The Labute approximate surface area is 150 Å². The fraction of sp³-hybridized carbons (Fsp3) is 0.211. The Bertz CT molecular complexity index is 843. The number of carbonyl (C=O) groups is 3. The zero-order chi connectivity index (χ0) is 18.5. The van der Waals surface area contributed by atoms with Crippen molar-refractivity contribution in [2.75, 3.05) is 17.2 Å². The molecule has 7 nitrogen and oxygen atoms in total. The number of rotatable bonds is 5. The van der Waals surface area contributed by atoms with Crippen molar-refractivity contribution in [3.8, 4) is 0 Å². The van der Waals surface area contributed by atoms with Crippen molar-refractivity contribution < 1.29 is 24.2 Å². The molecule has 7 heteroatoms. The molecule has 1 aliphatic heterocycles. The van der Waals surface area contributed by atoms with E-state index in [4.69, 9.17) is 4.74 Å². The van der Waals surface area contributed by atoms with Gasteiger partial charge in [-0.25, -0.2) is 4.79 Å². The van der Waals surface area contributed by atoms with E-state index >= 15 is 0 Å². The lowest BCUT2D eigenvalue weighted by molar-refractivity contribution is -0.124. The van der Waals surface area contributed by atoms with Gasteiger partial charge in [0.15, 0.2) is 0 Å². The Morgan fingerprint density at radius 3 is 2.58 bits per heavy atom. The van der Waals surface area contributed by atoms with Crippen LogP contribution in [0.3, 0.4) is 0 Å². The summed E-state index contributed by atoms with van der Waals surface area (Å²) in [4.78, 5) is 35.8. The van der Waals surface area contributed by atoms with Crippen LogP contribution in [0.15, 0.2) is 48.5 Å². The Morgan fingerprint density at radius 1 is 1.04 bits per heavy atom. The lowest BCUT2D eigenvalue weighted by Crippen LogP contribution is -2.27. The Hall–Kier alpha value is -3.19. The standard InChI is InChI=1S/C19H18N2O5/c22-17(21-15-8-2-1-7-14(15)19(24)25)12-5-3-6-13(11-12)20-18(23)16-9-4-10-26-16/h1-3,5-8,11,16H,4,9-10H2,(H,20,23)(H,21,22)(H,24,25)/t16-/m1/s1. The molecule has 1 fully saturated rings. The molecule has 0 spiro atoms. The number of anilines is 2. The van der Waals surface area contributed by atoms with Crippen molar-refractivity contribution in [2.45, 2.75) is 18.9 Å². The topological polar surface area (TPSA) is 105 Å². The fourth-order valence-electron chi connectivity index (χ4n) is 2.72. The molecule has 0 unspecified atom stereocenters. The molecule has 1 saturated heterocycles. The van der Waals surface area contributed by atoms with Crippen LogP contribution in [0.2, 0.25) is 0 Å². The van der Waals surface area contributed by atoms with Crippen LogP contribution in [0.25, 0.3) is 0 Å². The molecule has 2 aromatic rings. The number of carbonyl (C=O) groups excluding carboxylic acids is 2. The molecule has 134 valence electrons. The van der Waals surface area contributed by atoms with Crippen LogP contribution < -0.4 is 10.6 Å². The maximum absolute atomic E-state index is 12.4. The van der Waals surface area contributed by atoms with Gasteiger partial charge in [0.2, 0.25) is 0 Å². The van der Waals surface area contributed by atoms with Crippen LogP contribution in [0.1, 0.15) is 33.6 Å². The van der Waals surface area contributed by atoms with E-state index in [0.717, 1.165) is 6.42 Å². The maximum Gasteiger partial charge on any atom is 0.337 e. The summed E-state index contributed by atoms with van der Waals surface area (Å²) in [5, 5.41) is 14.5. The number of amides is 2. The maximum atomic E-state index is 12.4. The summed E-state index contributed by atoms with van der Waals surface area (Å²) in [5.74, 6) is -1.83. The van der Waals surface area contributed by atoms with Crippen molar-refractivity contribution in [2.24, 2.45) is 0 Å². The van der Waals surface area contributed by atoms with Gasteiger partial charge in [0, 0.05) is 17.9 Å². The van der Waals surface area contributed by atoms with E-state index < -0.39 is 18.0 Å².